The summed E-state index contributed by atoms with van der Waals surface area (Å²) < 4.78 is 11.0. The minimum absolute atomic E-state index is 0.138. The van der Waals surface area contributed by atoms with E-state index >= 15 is 0 Å². The van der Waals surface area contributed by atoms with Gasteiger partial charge < -0.3 is 14.4 Å². The van der Waals surface area contributed by atoms with Crippen LogP contribution in [-0.4, -0.2) is 43.6 Å². The molecule has 7 heteroatoms. The van der Waals surface area contributed by atoms with Gasteiger partial charge in [-0.15, -0.1) is 0 Å². The number of halogens is 2. The van der Waals surface area contributed by atoms with E-state index in [1.807, 2.05) is 0 Å². The number of nitrogens with zero attached hydrogens (tertiary/aromatic N) is 1. The average molecular weight is 379 g/mol. The monoisotopic (exact) mass is 377 g/mol. The molecule has 1 aromatic carbocycles. The molecule has 0 aliphatic carbocycles. The Kier molecular flexibility index (Phi) is 7.53. The second-order valence-electron chi connectivity index (χ2n) is 4.23. The molecular weight excluding hydrogens is 362 g/mol. The first-order valence-electron chi connectivity index (χ1n) is 6.41. The van der Waals surface area contributed by atoms with E-state index in [1.54, 1.807) is 32.2 Å². The zero-order chi connectivity index (χ0) is 15.8. The first kappa shape index (κ1) is 17.8. The maximum absolute atomic E-state index is 11.9. The number of likely N-dealkylation sites (N-methyl/N-ethyl adjacent to an activating group) is 1. The molecule has 0 saturated heterocycles. The van der Waals surface area contributed by atoms with E-state index < -0.39 is 0 Å². The van der Waals surface area contributed by atoms with Crippen molar-refractivity contribution in [2.45, 2.75) is 13.3 Å². The predicted molar refractivity (Wildman–Crippen MR) is 83.5 cm³/mol. The first-order chi connectivity index (χ1) is 9.93. The maximum Gasteiger partial charge on any atom is 0.307 e. The van der Waals surface area contributed by atoms with Crippen LogP contribution in [0, 0.1) is 0 Å². The van der Waals surface area contributed by atoms with Crippen LogP contribution in [0.4, 0.5) is 0 Å². The van der Waals surface area contributed by atoms with Gasteiger partial charge in [0.05, 0.1) is 18.1 Å². The van der Waals surface area contributed by atoms with Gasteiger partial charge in [-0.2, -0.15) is 0 Å². The van der Waals surface area contributed by atoms with Gasteiger partial charge in [-0.25, -0.2) is 0 Å². The summed E-state index contributed by atoms with van der Waals surface area (Å²) in [6, 6.07) is 5.14. The zero-order valence-electron chi connectivity index (χ0n) is 11.9. The Balaban J connectivity index is 2.40. The molecule has 1 amide bonds. The molecule has 0 saturated carbocycles. The fourth-order valence-electron chi connectivity index (χ4n) is 1.46. The predicted octanol–water partition coefficient (Wildman–Crippen LogP) is 2.89. The Morgan fingerprint density at radius 3 is 2.71 bits per heavy atom. The van der Waals surface area contributed by atoms with E-state index in [-0.39, 0.29) is 31.4 Å². The summed E-state index contributed by atoms with van der Waals surface area (Å²) >= 11 is 9.28. The van der Waals surface area contributed by atoms with Crippen molar-refractivity contribution in [2.24, 2.45) is 0 Å². The largest absolute Gasteiger partial charge is 0.482 e. The van der Waals surface area contributed by atoms with Gasteiger partial charge in [-0.3, -0.25) is 9.59 Å². The van der Waals surface area contributed by atoms with Crippen molar-refractivity contribution in [2.75, 3.05) is 26.8 Å². The molecule has 0 aliphatic heterocycles. The van der Waals surface area contributed by atoms with Gasteiger partial charge >= 0.3 is 5.97 Å². The molecule has 0 heterocycles. The van der Waals surface area contributed by atoms with Crippen molar-refractivity contribution in [3.63, 3.8) is 0 Å². The molecule has 0 fully saturated rings. The van der Waals surface area contributed by atoms with E-state index in [0.717, 1.165) is 4.47 Å². The number of carbonyl (C=O) groups excluding carboxylic acids is 2. The number of ether oxygens (including phenoxy) is 2. The topological polar surface area (TPSA) is 55.8 Å². The van der Waals surface area contributed by atoms with Crippen molar-refractivity contribution >= 4 is 39.4 Å². The number of hydrogen-bond acceptors (Lipinski definition) is 4. The van der Waals surface area contributed by atoms with Crippen LogP contribution in [0.25, 0.3) is 0 Å². The second-order valence-corrected chi connectivity index (χ2v) is 5.56. The summed E-state index contributed by atoms with van der Waals surface area (Å²) in [4.78, 5) is 24.5. The Morgan fingerprint density at radius 2 is 2.10 bits per heavy atom. The van der Waals surface area contributed by atoms with Crippen LogP contribution in [0.3, 0.4) is 0 Å². The minimum Gasteiger partial charge on any atom is -0.482 e. The summed E-state index contributed by atoms with van der Waals surface area (Å²) in [5.41, 5.74) is 0. The van der Waals surface area contributed by atoms with Crippen LogP contribution in [0.15, 0.2) is 22.7 Å². The highest BCUT2D eigenvalue weighted by Gasteiger charge is 2.13. The smallest absolute Gasteiger partial charge is 0.307 e. The van der Waals surface area contributed by atoms with E-state index in [1.165, 1.54) is 4.90 Å². The molecule has 0 aromatic heterocycles. The highest BCUT2D eigenvalue weighted by Crippen LogP contribution is 2.27. The molecule has 0 N–H and O–H groups in total. The van der Waals surface area contributed by atoms with Crippen LogP contribution in [0.2, 0.25) is 5.02 Å². The molecule has 0 bridgehead atoms. The van der Waals surface area contributed by atoms with Crippen LogP contribution >= 0.6 is 27.5 Å². The molecular formula is C14H17BrClNO4. The van der Waals surface area contributed by atoms with Crippen LogP contribution in [0.5, 0.6) is 5.75 Å². The molecule has 116 valence electrons. The van der Waals surface area contributed by atoms with Gasteiger partial charge in [-0.1, -0.05) is 27.5 Å². The van der Waals surface area contributed by atoms with Crippen molar-refractivity contribution < 1.29 is 19.1 Å². The lowest BCUT2D eigenvalue weighted by molar-refractivity contribution is -0.144. The summed E-state index contributed by atoms with van der Waals surface area (Å²) in [6.45, 7) is 2.22. The van der Waals surface area contributed by atoms with Gasteiger partial charge in [0.1, 0.15) is 5.75 Å². The second kappa shape index (κ2) is 8.89. The zero-order valence-corrected chi connectivity index (χ0v) is 14.2. The molecule has 1 aromatic rings. The fraction of sp³-hybridized carbons (Fsp3) is 0.429. The lowest BCUT2D eigenvalue weighted by Crippen LogP contribution is -2.33. The van der Waals surface area contributed by atoms with E-state index in [2.05, 4.69) is 15.9 Å². The fourth-order valence-corrected chi connectivity index (χ4v) is 2.19. The molecule has 0 aliphatic rings. The van der Waals surface area contributed by atoms with Crippen molar-refractivity contribution in [3.05, 3.63) is 27.7 Å². The molecule has 0 unspecified atom stereocenters. The Hall–Kier alpha value is -1.27. The van der Waals surface area contributed by atoms with E-state index in [0.29, 0.717) is 17.4 Å². The molecule has 0 atom stereocenters. The quantitative estimate of drug-likeness (QED) is 0.685. The van der Waals surface area contributed by atoms with Gasteiger partial charge in [0.25, 0.3) is 5.91 Å². The summed E-state index contributed by atoms with van der Waals surface area (Å²) in [5.74, 6) is -0.126. The van der Waals surface area contributed by atoms with Gasteiger partial charge in [0.15, 0.2) is 6.61 Å². The van der Waals surface area contributed by atoms with Crippen LogP contribution < -0.4 is 4.74 Å². The number of amides is 1. The molecule has 0 spiro atoms. The normalized spacial score (nSPS) is 10.1. The first-order valence-corrected chi connectivity index (χ1v) is 7.58. The van der Waals surface area contributed by atoms with E-state index in [4.69, 9.17) is 21.1 Å². The number of benzene rings is 1. The third-order valence-corrected chi connectivity index (χ3v) is 3.42. The Labute approximate surface area is 137 Å². The number of rotatable bonds is 7. The summed E-state index contributed by atoms with van der Waals surface area (Å²) in [5, 5.41) is 0.423. The number of esters is 1. The standard InChI is InChI=1S/C14H17BrClNO4/c1-3-20-14(19)6-7-17(2)13(18)9-21-12-5-4-10(15)8-11(12)16/h4-5,8H,3,6-7,9H2,1-2H3. The third kappa shape index (κ3) is 6.35. The molecule has 21 heavy (non-hydrogen) atoms. The van der Waals surface area contributed by atoms with Crippen molar-refractivity contribution in [3.8, 4) is 5.75 Å². The van der Waals surface area contributed by atoms with Gasteiger partial charge in [0.2, 0.25) is 0 Å². The highest BCUT2D eigenvalue weighted by molar-refractivity contribution is 9.10. The van der Waals surface area contributed by atoms with E-state index in [9.17, 15) is 9.59 Å². The average Bonchev–Trinajstić information content (AvgIpc) is 2.43. The van der Waals surface area contributed by atoms with Crippen molar-refractivity contribution in [1.82, 2.24) is 4.90 Å². The lowest BCUT2D eigenvalue weighted by atomic mass is 10.3. The number of hydrogen-bond donors (Lipinski definition) is 0. The highest BCUT2D eigenvalue weighted by atomic mass is 79.9. The maximum atomic E-state index is 11.9. The summed E-state index contributed by atoms with van der Waals surface area (Å²) in [7, 11) is 1.61. The Bertz CT molecular complexity index is 510. The SMILES string of the molecule is CCOC(=O)CCN(C)C(=O)COc1ccc(Br)cc1Cl. The van der Waals surface area contributed by atoms with Crippen LogP contribution in [-0.2, 0) is 14.3 Å². The molecule has 5 nitrogen and oxygen atoms in total. The minimum atomic E-state index is -0.325. The lowest BCUT2D eigenvalue weighted by Gasteiger charge is -2.17. The van der Waals surface area contributed by atoms with Crippen molar-refractivity contribution in [1.29, 1.82) is 0 Å². The molecule has 0 radical (unpaired) electrons. The Morgan fingerprint density at radius 1 is 1.38 bits per heavy atom. The molecule has 1 rings (SSSR count). The third-order valence-electron chi connectivity index (χ3n) is 2.63. The number of carbonyl (C=O) groups is 2. The van der Waals surface area contributed by atoms with Crippen LogP contribution in [0.1, 0.15) is 13.3 Å². The van der Waals surface area contributed by atoms with Gasteiger partial charge in [-0.05, 0) is 25.1 Å². The summed E-state index contributed by atoms with van der Waals surface area (Å²) in [6.07, 6.45) is 0.162. The van der Waals surface area contributed by atoms with Gasteiger partial charge in [0, 0.05) is 18.1 Å².